The summed E-state index contributed by atoms with van der Waals surface area (Å²) in [5.41, 5.74) is 0.879. The predicted octanol–water partition coefficient (Wildman–Crippen LogP) is 1.81. The zero-order chi connectivity index (χ0) is 13.1. The van der Waals surface area contributed by atoms with E-state index in [4.69, 9.17) is 5.11 Å². The largest absolute Gasteiger partial charge is 0.393 e. The lowest BCUT2D eigenvalue weighted by atomic mass is 10.2. The minimum absolute atomic E-state index is 0.223. The Kier molecular flexibility index (Phi) is 5.12. The average molecular weight is 322 g/mol. The molecule has 0 bridgehead atoms. The fourth-order valence-electron chi connectivity index (χ4n) is 1.30. The minimum atomic E-state index is -3.52. The van der Waals surface area contributed by atoms with Crippen molar-refractivity contribution in [1.82, 2.24) is 4.72 Å². The summed E-state index contributed by atoms with van der Waals surface area (Å²) < 4.78 is 26.9. The molecule has 0 amide bonds. The van der Waals surface area contributed by atoms with E-state index in [-0.39, 0.29) is 11.4 Å². The number of sulfonamides is 1. The topological polar surface area (TPSA) is 66.4 Å². The third-order valence-electron chi connectivity index (χ3n) is 2.23. The first-order valence-corrected chi connectivity index (χ1v) is 7.54. The molecule has 6 heteroatoms. The van der Waals surface area contributed by atoms with Crippen LogP contribution in [-0.4, -0.2) is 26.2 Å². The standard InChI is InChI=1S/C11H16BrNO3S/c1-8-3-4-10(12)11(7-8)17(15,16)13-6-5-9(2)14/h3-4,7,9,13-14H,5-6H2,1-2H3. The zero-order valence-corrected chi connectivity index (χ0v) is 12.2. The molecule has 0 spiro atoms. The van der Waals surface area contributed by atoms with Crippen molar-refractivity contribution in [2.75, 3.05) is 6.54 Å². The third kappa shape index (κ3) is 4.39. The van der Waals surface area contributed by atoms with Crippen LogP contribution in [0.3, 0.4) is 0 Å². The van der Waals surface area contributed by atoms with E-state index in [1.165, 1.54) is 0 Å². The van der Waals surface area contributed by atoms with Crippen molar-refractivity contribution < 1.29 is 13.5 Å². The van der Waals surface area contributed by atoms with Crippen molar-refractivity contribution >= 4 is 26.0 Å². The minimum Gasteiger partial charge on any atom is -0.393 e. The fourth-order valence-corrected chi connectivity index (χ4v) is 3.39. The van der Waals surface area contributed by atoms with E-state index in [2.05, 4.69) is 20.7 Å². The van der Waals surface area contributed by atoms with Crippen molar-refractivity contribution in [3.63, 3.8) is 0 Å². The number of hydrogen-bond acceptors (Lipinski definition) is 3. The number of rotatable bonds is 5. The Hall–Kier alpha value is -0.430. The Bertz CT molecular complexity index is 485. The molecule has 0 fully saturated rings. The summed E-state index contributed by atoms with van der Waals surface area (Å²) in [6.45, 7) is 3.68. The van der Waals surface area contributed by atoms with Crippen LogP contribution in [0.15, 0.2) is 27.6 Å². The van der Waals surface area contributed by atoms with E-state index in [0.29, 0.717) is 10.9 Å². The lowest BCUT2D eigenvalue weighted by molar-refractivity contribution is 0.186. The smallest absolute Gasteiger partial charge is 0.241 e. The summed E-state index contributed by atoms with van der Waals surface area (Å²) in [5.74, 6) is 0. The van der Waals surface area contributed by atoms with Crippen LogP contribution in [0.2, 0.25) is 0 Å². The molecule has 0 saturated carbocycles. The summed E-state index contributed by atoms with van der Waals surface area (Å²) in [6, 6.07) is 5.15. The van der Waals surface area contributed by atoms with E-state index >= 15 is 0 Å². The number of benzene rings is 1. The van der Waals surface area contributed by atoms with Crippen molar-refractivity contribution in [2.24, 2.45) is 0 Å². The number of aliphatic hydroxyl groups excluding tert-OH is 1. The number of nitrogens with one attached hydrogen (secondary N) is 1. The van der Waals surface area contributed by atoms with Crippen LogP contribution >= 0.6 is 15.9 Å². The van der Waals surface area contributed by atoms with E-state index in [1.54, 1.807) is 19.1 Å². The zero-order valence-electron chi connectivity index (χ0n) is 9.77. The van der Waals surface area contributed by atoms with Crippen LogP contribution in [0.1, 0.15) is 18.9 Å². The van der Waals surface area contributed by atoms with Gasteiger partial charge < -0.3 is 5.11 Å². The molecule has 1 aromatic carbocycles. The molecule has 0 aromatic heterocycles. The first-order valence-electron chi connectivity index (χ1n) is 5.27. The van der Waals surface area contributed by atoms with Gasteiger partial charge in [-0.05, 0) is 53.9 Å². The van der Waals surface area contributed by atoms with Crippen LogP contribution < -0.4 is 4.72 Å². The third-order valence-corrected chi connectivity index (χ3v) is 4.69. The maximum Gasteiger partial charge on any atom is 0.241 e. The molecule has 96 valence electrons. The second-order valence-electron chi connectivity index (χ2n) is 3.97. The number of hydrogen-bond donors (Lipinski definition) is 2. The second-order valence-corrected chi connectivity index (χ2v) is 6.56. The van der Waals surface area contributed by atoms with E-state index in [0.717, 1.165) is 5.56 Å². The number of aryl methyl sites for hydroxylation is 1. The molecule has 0 saturated heterocycles. The SMILES string of the molecule is Cc1ccc(Br)c(S(=O)(=O)NCCC(C)O)c1. The van der Waals surface area contributed by atoms with Gasteiger partial charge in [-0.15, -0.1) is 0 Å². The van der Waals surface area contributed by atoms with Gasteiger partial charge in [-0.2, -0.15) is 0 Å². The molecule has 4 nitrogen and oxygen atoms in total. The molecule has 0 aliphatic heterocycles. The van der Waals surface area contributed by atoms with Gasteiger partial charge in [0.15, 0.2) is 0 Å². The molecular formula is C11H16BrNO3S. The Morgan fingerprint density at radius 1 is 1.47 bits per heavy atom. The molecule has 17 heavy (non-hydrogen) atoms. The van der Waals surface area contributed by atoms with Gasteiger partial charge in [-0.3, -0.25) is 0 Å². The maximum atomic E-state index is 12.0. The van der Waals surface area contributed by atoms with Gasteiger partial charge in [-0.25, -0.2) is 13.1 Å². The molecule has 0 radical (unpaired) electrons. The normalized spacial score (nSPS) is 13.6. The molecule has 1 atom stereocenters. The molecule has 0 heterocycles. The van der Waals surface area contributed by atoms with Crippen LogP contribution in [0.25, 0.3) is 0 Å². The van der Waals surface area contributed by atoms with Crippen molar-refractivity contribution in [2.45, 2.75) is 31.3 Å². The molecular weight excluding hydrogens is 306 g/mol. The van der Waals surface area contributed by atoms with E-state index in [9.17, 15) is 8.42 Å². The van der Waals surface area contributed by atoms with Gasteiger partial charge >= 0.3 is 0 Å². The summed E-state index contributed by atoms with van der Waals surface area (Å²) in [7, 11) is -3.52. The molecule has 0 aliphatic rings. The van der Waals surface area contributed by atoms with Gasteiger partial charge in [0.25, 0.3) is 0 Å². The van der Waals surface area contributed by atoms with Crippen LogP contribution in [0, 0.1) is 6.92 Å². The monoisotopic (exact) mass is 321 g/mol. The first-order chi connectivity index (χ1) is 7.83. The van der Waals surface area contributed by atoms with Crippen LogP contribution in [0.4, 0.5) is 0 Å². The Balaban J connectivity index is 2.86. The summed E-state index contributed by atoms with van der Waals surface area (Å²) in [5, 5.41) is 9.07. The Morgan fingerprint density at radius 2 is 2.12 bits per heavy atom. The van der Waals surface area contributed by atoms with Crippen LogP contribution in [0.5, 0.6) is 0 Å². The van der Waals surface area contributed by atoms with Crippen LogP contribution in [-0.2, 0) is 10.0 Å². The lowest BCUT2D eigenvalue weighted by Crippen LogP contribution is -2.27. The van der Waals surface area contributed by atoms with Gasteiger partial charge in [0.2, 0.25) is 10.0 Å². The molecule has 1 rings (SSSR count). The lowest BCUT2D eigenvalue weighted by Gasteiger charge is -2.10. The van der Waals surface area contributed by atoms with Gasteiger partial charge in [-0.1, -0.05) is 6.07 Å². The quantitative estimate of drug-likeness (QED) is 0.869. The number of halogens is 1. The highest BCUT2D eigenvalue weighted by Gasteiger charge is 2.17. The summed E-state index contributed by atoms with van der Waals surface area (Å²) in [6.07, 6.45) is -0.124. The molecule has 1 aromatic rings. The highest BCUT2D eigenvalue weighted by molar-refractivity contribution is 9.10. The Morgan fingerprint density at radius 3 is 2.71 bits per heavy atom. The maximum absolute atomic E-state index is 12.0. The van der Waals surface area contributed by atoms with Crippen molar-refractivity contribution in [1.29, 1.82) is 0 Å². The molecule has 1 unspecified atom stereocenters. The predicted molar refractivity (Wildman–Crippen MR) is 70.4 cm³/mol. The van der Waals surface area contributed by atoms with Crippen molar-refractivity contribution in [3.05, 3.63) is 28.2 Å². The fraction of sp³-hybridized carbons (Fsp3) is 0.455. The second kappa shape index (κ2) is 5.95. The van der Waals surface area contributed by atoms with E-state index in [1.807, 2.05) is 13.0 Å². The highest BCUT2D eigenvalue weighted by atomic mass is 79.9. The highest BCUT2D eigenvalue weighted by Crippen LogP contribution is 2.22. The van der Waals surface area contributed by atoms with E-state index < -0.39 is 16.1 Å². The first kappa shape index (κ1) is 14.6. The summed E-state index contributed by atoms with van der Waals surface area (Å²) in [4.78, 5) is 0.225. The molecule has 0 aliphatic carbocycles. The van der Waals surface area contributed by atoms with Gasteiger partial charge in [0, 0.05) is 11.0 Å². The van der Waals surface area contributed by atoms with Gasteiger partial charge in [0.05, 0.1) is 11.0 Å². The summed E-state index contributed by atoms with van der Waals surface area (Å²) >= 11 is 3.22. The van der Waals surface area contributed by atoms with Crippen molar-refractivity contribution in [3.8, 4) is 0 Å². The number of aliphatic hydroxyl groups is 1. The Labute approximate surface area is 110 Å². The van der Waals surface area contributed by atoms with Gasteiger partial charge in [0.1, 0.15) is 0 Å². The average Bonchev–Trinajstić information content (AvgIpc) is 2.20. The molecule has 2 N–H and O–H groups in total.